The summed E-state index contributed by atoms with van der Waals surface area (Å²) in [6.45, 7) is 1.94. The first-order valence-corrected chi connectivity index (χ1v) is 15.7. The molecule has 0 N–H and O–H groups in total. The van der Waals surface area contributed by atoms with Gasteiger partial charge in [-0.1, -0.05) is 12.1 Å². The van der Waals surface area contributed by atoms with Crippen LogP contribution in [0, 0.1) is 0 Å². The quantitative estimate of drug-likeness (QED) is 0.183. The molecule has 6 rings (SSSR count). The van der Waals surface area contributed by atoms with Gasteiger partial charge < -0.3 is 23.7 Å². The molecule has 2 unspecified atom stereocenters. The molecule has 0 spiro atoms. The number of ether oxygens (including phenoxy) is 5. The van der Waals surface area contributed by atoms with E-state index in [1.54, 1.807) is 6.20 Å². The monoisotopic (exact) mass is 570 g/mol. The fourth-order valence-electron chi connectivity index (χ4n) is 4.96. The van der Waals surface area contributed by atoms with Gasteiger partial charge in [0.05, 0.1) is 29.8 Å². The first-order valence-electron chi connectivity index (χ1n) is 14.4. The topological polar surface area (TPSA) is 59.0 Å². The van der Waals surface area contributed by atoms with E-state index in [-0.39, 0.29) is 23.5 Å². The van der Waals surface area contributed by atoms with E-state index in [0.29, 0.717) is 6.61 Å². The minimum absolute atomic E-state index is 0.165. The SMILES string of the molecule is c1ccc(COc2cccc([S+](c3ccc(OC4CCCCO4)cc3)c3ccc(OC4CCCCO4)cc3)c2)nc1. The largest absolute Gasteiger partial charge is 0.487 e. The molecule has 0 radical (unpaired) electrons. The maximum atomic E-state index is 6.14. The summed E-state index contributed by atoms with van der Waals surface area (Å²) in [5.41, 5.74) is 0.895. The number of hydrogen-bond donors (Lipinski definition) is 0. The highest BCUT2D eigenvalue weighted by molar-refractivity contribution is 7.97. The maximum absolute atomic E-state index is 6.14. The van der Waals surface area contributed by atoms with Gasteiger partial charge in [-0.2, -0.15) is 0 Å². The number of hydrogen-bond acceptors (Lipinski definition) is 6. The average Bonchev–Trinajstić information content (AvgIpc) is 3.04. The van der Waals surface area contributed by atoms with Crippen molar-refractivity contribution in [2.24, 2.45) is 0 Å². The Kier molecular flexibility index (Phi) is 9.37. The molecule has 2 aliphatic heterocycles. The van der Waals surface area contributed by atoms with Crippen LogP contribution in [0.15, 0.2) is 112 Å². The lowest BCUT2D eigenvalue weighted by atomic mass is 10.2. The molecule has 212 valence electrons. The van der Waals surface area contributed by atoms with Crippen molar-refractivity contribution in [3.05, 3.63) is 103 Å². The van der Waals surface area contributed by atoms with Gasteiger partial charge in [0.15, 0.2) is 27.3 Å². The second kappa shape index (κ2) is 13.9. The first kappa shape index (κ1) is 27.6. The summed E-state index contributed by atoms with van der Waals surface area (Å²) in [6.07, 6.45) is 7.79. The Labute approximate surface area is 244 Å². The Hall–Kier alpha value is -3.52. The van der Waals surface area contributed by atoms with Crippen molar-refractivity contribution in [3.8, 4) is 17.2 Å². The average molecular weight is 571 g/mol. The normalized spacial score (nSPS) is 19.7. The van der Waals surface area contributed by atoms with Gasteiger partial charge in [-0.3, -0.25) is 4.98 Å². The highest BCUT2D eigenvalue weighted by Crippen LogP contribution is 2.35. The molecule has 2 fully saturated rings. The van der Waals surface area contributed by atoms with Gasteiger partial charge in [0.25, 0.3) is 0 Å². The summed E-state index contributed by atoms with van der Waals surface area (Å²) in [5, 5.41) is 0. The van der Waals surface area contributed by atoms with Crippen LogP contribution in [-0.2, 0) is 27.0 Å². The third kappa shape index (κ3) is 7.61. The second-order valence-corrected chi connectivity index (χ2v) is 12.2. The zero-order valence-electron chi connectivity index (χ0n) is 23.2. The molecule has 1 aromatic heterocycles. The van der Waals surface area contributed by atoms with Crippen LogP contribution in [0.4, 0.5) is 0 Å². The molecule has 7 heteroatoms. The molecule has 0 saturated carbocycles. The molecule has 2 aliphatic rings. The van der Waals surface area contributed by atoms with E-state index in [1.165, 1.54) is 9.79 Å². The van der Waals surface area contributed by atoms with Gasteiger partial charge in [0.2, 0.25) is 0 Å². The van der Waals surface area contributed by atoms with Gasteiger partial charge in [0.1, 0.15) is 23.9 Å². The molecule has 0 aliphatic carbocycles. The summed E-state index contributed by atoms with van der Waals surface area (Å²) in [4.78, 5) is 7.92. The Bertz CT molecular complexity index is 1290. The van der Waals surface area contributed by atoms with E-state index < -0.39 is 0 Å². The minimum Gasteiger partial charge on any atom is -0.487 e. The van der Waals surface area contributed by atoms with Crippen molar-refractivity contribution in [1.29, 1.82) is 0 Å². The molecule has 3 aromatic carbocycles. The fourth-order valence-corrected chi connectivity index (χ4v) is 7.04. The summed E-state index contributed by atoms with van der Waals surface area (Å²) in [6, 6.07) is 31.0. The first-order chi connectivity index (χ1) is 20.3. The van der Waals surface area contributed by atoms with Crippen LogP contribution < -0.4 is 14.2 Å². The molecular formula is C34H36NO5S+. The molecule has 0 bridgehead atoms. The highest BCUT2D eigenvalue weighted by atomic mass is 32.2. The van der Waals surface area contributed by atoms with E-state index in [1.807, 2.05) is 48.5 Å². The van der Waals surface area contributed by atoms with E-state index >= 15 is 0 Å². The molecule has 41 heavy (non-hydrogen) atoms. The van der Waals surface area contributed by atoms with E-state index in [0.717, 1.165) is 79.6 Å². The summed E-state index contributed by atoms with van der Waals surface area (Å²) in [5.74, 6) is 2.47. The van der Waals surface area contributed by atoms with E-state index in [9.17, 15) is 0 Å². The van der Waals surface area contributed by atoms with Crippen molar-refractivity contribution in [1.82, 2.24) is 4.98 Å². The number of nitrogens with zero attached hydrogens (tertiary/aromatic N) is 1. The third-order valence-electron chi connectivity index (χ3n) is 7.08. The maximum Gasteiger partial charge on any atom is 0.199 e. The van der Waals surface area contributed by atoms with E-state index in [2.05, 4.69) is 47.4 Å². The summed E-state index contributed by atoms with van der Waals surface area (Å²) < 4.78 is 29.9. The molecular weight excluding hydrogens is 534 g/mol. The van der Waals surface area contributed by atoms with Crippen LogP contribution in [0.5, 0.6) is 17.2 Å². The lowest BCUT2D eigenvalue weighted by Gasteiger charge is -2.23. The van der Waals surface area contributed by atoms with Crippen LogP contribution in [0.3, 0.4) is 0 Å². The van der Waals surface area contributed by atoms with E-state index in [4.69, 9.17) is 23.7 Å². The van der Waals surface area contributed by atoms with Crippen molar-refractivity contribution in [3.63, 3.8) is 0 Å². The second-order valence-electron chi connectivity index (χ2n) is 10.2. The van der Waals surface area contributed by atoms with Gasteiger partial charge in [-0.25, -0.2) is 0 Å². The van der Waals surface area contributed by atoms with Crippen LogP contribution in [0.2, 0.25) is 0 Å². The lowest BCUT2D eigenvalue weighted by molar-refractivity contribution is -0.106. The van der Waals surface area contributed by atoms with Gasteiger partial charge >= 0.3 is 0 Å². The Morgan fingerprint density at radius 3 is 1.80 bits per heavy atom. The number of pyridine rings is 1. The smallest absolute Gasteiger partial charge is 0.199 e. The number of rotatable bonds is 10. The van der Waals surface area contributed by atoms with Crippen LogP contribution in [0.25, 0.3) is 0 Å². The predicted molar refractivity (Wildman–Crippen MR) is 158 cm³/mol. The molecule has 4 aromatic rings. The molecule has 0 amide bonds. The van der Waals surface area contributed by atoms with Crippen molar-refractivity contribution in [2.75, 3.05) is 13.2 Å². The zero-order valence-corrected chi connectivity index (χ0v) is 24.0. The standard InChI is InChI=1S/C34H36NO5S/c1-4-21-35-26(8-1)25-38-29-9-7-10-32(24-29)41(30-17-13-27(14-18-30)39-33-11-2-5-22-36-33)31-19-15-28(16-20-31)40-34-12-3-6-23-37-34/h1,4,7-10,13-21,24,33-34H,2-3,5-6,11-12,22-23,25H2/q+1. The lowest BCUT2D eigenvalue weighted by Crippen LogP contribution is -2.25. The van der Waals surface area contributed by atoms with Gasteiger partial charge in [-0.05, 0) is 98.5 Å². The van der Waals surface area contributed by atoms with Gasteiger partial charge in [0, 0.05) is 25.1 Å². The van der Waals surface area contributed by atoms with Crippen molar-refractivity contribution in [2.45, 2.75) is 72.4 Å². The Morgan fingerprint density at radius 2 is 1.27 bits per heavy atom. The predicted octanol–water partition coefficient (Wildman–Crippen LogP) is 7.57. The van der Waals surface area contributed by atoms with Crippen molar-refractivity contribution < 1.29 is 23.7 Å². The molecule has 2 atom stereocenters. The van der Waals surface area contributed by atoms with Crippen LogP contribution >= 0.6 is 0 Å². The van der Waals surface area contributed by atoms with Crippen molar-refractivity contribution >= 4 is 10.9 Å². The Balaban J connectivity index is 1.24. The van der Waals surface area contributed by atoms with Gasteiger partial charge in [-0.15, -0.1) is 0 Å². The summed E-state index contributed by atoms with van der Waals surface area (Å²) >= 11 is 0. The minimum atomic E-state index is -0.372. The van der Waals surface area contributed by atoms with Crippen LogP contribution in [0.1, 0.15) is 44.2 Å². The van der Waals surface area contributed by atoms with Crippen LogP contribution in [-0.4, -0.2) is 30.8 Å². The molecule has 3 heterocycles. The third-order valence-corrected chi connectivity index (χ3v) is 9.30. The molecule has 6 nitrogen and oxygen atoms in total. The number of benzene rings is 3. The summed E-state index contributed by atoms with van der Waals surface area (Å²) in [7, 11) is -0.372. The Morgan fingerprint density at radius 1 is 0.634 bits per heavy atom. The zero-order chi connectivity index (χ0) is 27.7. The molecule has 2 saturated heterocycles. The highest BCUT2D eigenvalue weighted by Gasteiger charge is 2.30. The fraction of sp³-hybridized carbons (Fsp3) is 0.324. The number of aromatic nitrogens is 1.